The Balaban J connectivity index is 1.47. The standard InChI is InChI=1S/C20H18FN3O/c21-18-8-6-15(7-9-18)12-19(25)22-11-10-16-13-23-20(24-14-16)17-4-2-1-3-5-17/h1-9,13-14H,10-12H2,(H,22,25). The summed E-state index contributed by atoms with van der Waals surface area (Å²) in [5.41, 5.74) is 2.72. The van der Waals surface area contributed by atoms with Gasteiger partial charge in [0.05, 0.1) is 6.42 Å². The summed E-state index contributed by atoms with van der Waals surface area (Å²) in [5, 5.41) is 2.85. The molecule has 0 aliphatic carbocycles. The molecule has 126 valence electrons. The first kappa shape index (κ1) is 16.8. The van der Waals surface area contributed by atoms with E-state index >= 15 is 0 Å². The number of hydrogen-bond donors (Lipinski definition) is 1. The van der Waals surface area contributed by atoms with Crippen molar-refractivity contribution in [2.45, 2.75) is 12.8 Å². The molecule has 0 bridgehead atoms. The van der Waals surface area contributed by atoms with Crippen LogP contribution >= 0.6 is 0 Å². The Hall–Kier alpha value is -3.08. The van der Waals surface area contributed by atoms with Crippen molar-refractivity contribution in [3.05, 3.63) is 83.9 Å². The van der Waals surface area contributed by atoms with Crippen LogP contribution in [-0.4, -0.2) is 22.4 Å². The smallest absolute Gasteiger partial charge is 0.224 e. The van der Waals surface area contributed by atoms with E-state index in [1.807, 2.05) is 30.3 Å². The summed E-state index contributed by atoms with van der Waals surface area (Å²) in [6.45, 7) is 0.508. The van der Waals surface area contributed by atoms with E-state index in [1.165, 1.54) is 12.1 Å². The van der Waals surface area contributed by atoms with Gasteiger partial charge in [0.15, 0.2) is 5.82 Å². The largest absolute Gasteiger partial charge is 0.355 e. The highest BCUT2D eigenvalue weighted by atomic mass is 19.1. The fourth-order valence-electron chi connectivity index (χ4n) is 2.42. The maximum Gasteiger partial charge on any atom is 0.224 e. The summed E-state index contributed by atoms with van der Waals surface area (Å²) in [5.74, 6) is 0.293. The number of nitrogens with one attached hydrogen (secondary N) is 1. The van der Waals surface area contributed by atoms with Crippen molar-refractivity contribution < 1.29 is 9.18 Å². The van der Waals surface area contributed by atoms with E-state index in [1.54, 1.807) is 24.5 Å². The maximum absolute atomic E-state index is 12.8. The number of nitrogens with zero attached hydrogens (tertiary/aromatic N) is 2. The molecule has 5 heteroatoms. The molecule has 0 unspecified atom stereocenters. The predicted molar refractivity (Wildman–Crippen MR) is 94.3 cm³/mol. The number of halogens is 1. The Bertz CT molecular complexity index is 818. The Kier molecular flexibility index (Phi) is 5.46. The van der Waals surface area contributed by atoms with Gasteiger partial charge >= 0.3 is 0 Å². The molecule has 0 aliphatic heterocycles. The molecule has 0 saturated carbocycles. The highest BCUT2D eigenvalue weighted by Gasteiger charge is 2.04. The second-order valence-electron chi connectivity index (χ2n) is 5.68. The van der Waals surface area contributed by atoms with Crippen molar-refractivity contribution in [1.29, 1.82) is 0 Å². The van der Waals surface area contributed by atoms with Crippen LogP contribution in [0.15, 0.2) is 67.0 Å². The molecule has 3 aromatic rings. The zero-order chi connectivity index (χ0) is 17.5. The summed E-state index contributed by atoms with van der Waals surface area (Å²) in [6, 6.07) is 15.7. The van der Waals surface area contributed by atoms with Gasteiger partial charge in [-0.3, -0.25) is 4.79 Å². The van der Waals surface area contributed by atoms with Crippen LogP contribution in [0, 0.1) is 5.82 Å². The normalized spacial score (nSPS) is 10.4. The van der Waals surface area contributed by atoms with Gasteiger partial charge in [0, 0.05) is 24.5 Å². The minimum absolute atomic E-state index is 0.0894. The average molecular weight is 335 g/mol. The Morgan fingerprint density at radius 2 is 1.60 bits per heavy atom. The van der Waals surface area contributed by atoms with Crippen LogP contribution in [-0.2, 0) is 17.6 Å². The molecule has 3 rings (SSSR count). The number of benzene rings is 2. The minimum atomic E-state index is -0.303. The fraction of sp³-hybridized carbons (Fsp3) is 0.150. The Morgan fingerprint density at radius 3 is 2.28 bits per heavy atom. The van der Waals surface area contributed by atoms with E-state index < -0.39 is 0 Å². The second kappa shape index (κ2) is 8.15. The lowest BCUT2D eigenvalue weighted by atomic mass is 10.1. The van der Waals surface area contributed by atoms with Crippen molar-refractivity contribution in [2.75, 3.05) is 6.54 Å². The van der Waals surface area contributed by atoms with Gasteiger partial charge < -0.3 is 5.32 Å². The molecule has 25 heavy (non-hydrogen) atoms. The van der Waals surface area contributed by atoms with E-state index in [9.17, 15) is 9.18 Å². The number of carbonyl (C=O) groups excluding carboxylic acids is 1. The summed E-state index contributed by atoms with van der Waals surface area (Å²) >= 11 is 0. The topological polar surface area (TPSA) is 54.9 Å². The van der Waals surface area contributed by atoms with Gasteiger partial charge in [-0.25, -0.2) is 14.4 Å². The number of rotatable bonds is 6. The zero-order valence-electron chi connectivity index (χ0n) is 13.7. The molecule has 1 amide bonds. The van der Waals surface area contributed by atoms with Gasteiger partial charge in [-0.1, -0.05) is 42.5 Å². The quantitative estimate of drug-likeness (QED) is 0.753. The first-order valence-electron chi connectivity index (χ1n) is 8.08. The van der Waals surface area contributed by atoms with E-state index in [4.69, 9.17) is 0 Å². The van der Waals surface area contributed by atoms with Gasteiger partial charge in [0.25, 0.3) is 0 Å². The molecule has 0 atom stereocenters. The molecular formula is C20H18FN3O. The van der Waals surface area contributed by atoms with Crippen LogP contribution in [0.5, 0.6) is 0 Å². The van der Waals surface area contributed by atoms with Crippen molar-refractivity contribution in [3.63, 3.8) is 0 Å². The van der Waals surface area contributed by atoms with Gasteiger partial charge in [-0.2, -0.15) is 0 Å². The lowest BCUT2D eigenvalue weighted by Crippen LogP contribution is -2.27. The summed E-state index contributed by atoms with van der Waals surface area (Å²) in [7, 11) is 0. The van der Waals surface area contributed by atoms with E-state index in [0.717, 1.165) is 16.7 Å². The van der Waals surface area contributed by atoms with Gasteiger partial charge in [-0.15, -0.1) is 0 Å². The third kappa shape index (κ3) is 4.94. The van der Waals surface area contributed by atoms with Crippen molar-refractivity contribution >= 4 is 5.91 Å². The predicted octanol–water partition coefficient (Wildman–Crippen LogP) is 3.18. The van der Waals surface area contributed by atoms with Crippen LogP contribution < -0.4 is 5.32 Å². The highest BCUT2D eigenvalue weighted by Crippen LogP contribution is 2.13. The van der Waals surface area contributed by atoms with Crippen molar-refractivity contribution in [3.8, 4) is 11.4 Å². The number of aromatic nitrogens is 2. The van der Waals surface area contributed by atoms with Gasteiger partial charge in [0.1, 0.15) is 5.82 Å². The van der Waals surface area contributed by atoms with Crippen LogP contribution in [0.4, 0.5) is 4.39 Å². The van der Waals surface area contributed by atoms with Crippen LogP contribution in [0.25, 0.3) is 11.4 Å². The van der Waals surface area contributed by atoms with Crippen LogP contribution in [0.1, 0.15) is 11.1 Å². The molecule has 1 heterocycles. The number of carbonyl (C=O) groups is 1. The molecule has 2 aromatic carbocycles. The average Bonchev–Trinajstić information content (AvgIpc) is 2.65. The fourth-order valence-corrected chi connectivity index (χ4v) is 2.42. The number of hydrogen-bond acceptors (Lipinski definition) is 3. The van der Waals surface area contributed by atoms with E-state index in [2.05, 4.69) is 15.3 Å². The molecular weight excluding hydrogens is 317 g/mol. The van der Waals surface area contributed by atoms with Crippen molar-refractivity contribution in [2.24, 2.45) is 0 Å². The molecule has 0 radical (unpaired) electrons. The van der Waals surface area contributed by atoms with Crippen LogP contribution in [0.2, 0.25) is 0 Å². The third-order valence-electron chi connectivity index (χ3n) is 3.75. The summed E-state index contributed by atoms with van der Waals surface area (Å²) in [6.07, 6.45) is 4.46. The molecule has 0 fully saturated rings. The van der Waals surface area contributed by atoms with Crippen LogP contribution in [0.3, 0.4) is 0 Å². The molecule has 4 nitrogen and oxygen atoms in total. The van der Waals surface area contributed by atoms with Gasteiger partial charge in [0.2, 0.25) is 5.91 Å². The van der Waals surface area contributed by atoms with Crippen molar-refractivity contribution in [1.82, 2.24) is 15.3 Å². The Labute approximate surface area is 145 Å². The molecule has 1 aromatic heterocycles. The summed E-state index contributed by atoms with van der Waals surface area (Å²) < 4.78 is 12.8. The molecule has 0 aliphatic rings. The maximum atomic E-state index is 12.8. The summed E-state index contributed by atoms with van der Waals surface area (Å²) in [4.78, 5) is 20.6. The zero-order valence-corrected chi connectivity index (χ0v) is 13.7. The van der Waals surface area contributed by atoms with Gasteiger partial charge in [-0.05, 0) is 29.7 Å². The minimum Gasteiger partial charge on any atom is -0.355 e. The number of amides is 1. The van der Waals surface area contributed by atoms with E-state index in [0.29, 0.717) is 18.8 Å². The first-order valence-corrected chi connectivity index (χ1v) is 8.08. The molecule has 1 N–H and O–H groups in total. The Morgan fingerprint density at radius 1 is 0.920 bits per heavy atom. The molecule has 0 saturated heterocycles. The highest BCUT2D eigenvalue weighted by molar-refractivity contribution is 5.78. The monoisotopic (exact) mass is 335 g/mol. The first-order chi connectivity index (χ1) is 12.2. The van der Waals surface area contributed by atoms with E-state index in [-0.39, 0.29) is 18.1 Å². The lowest BCUT2D eigenvalue weighted by molar-refractivity contribution is -0.120. The SMILES string of the molecule is O=C(Cc1ccc(F)cc1)NCCc1cnc(-c2ccccc2)nc1. The lowest BCUT2D eigenvalue weighted by Gasteiger charge is -2.06. The second-order valence-corrected chi connectivity index (χ2v) is 5.68. The molecule has 0 spiro atoms. The third-order valence-corrected chi connectivity index (χ3v) is 3.75.